The Kier molecular flexibility index (Phi) is 4.43. The molecule has 8 heteroatoms. The van der Waals surface area contributed by atoms with Crippen LogP contribution in [0.25, 0.3) is 0 Å². The third-order valence-corrected chi connectivity index (χ3v) is 6.57. The maximum Gasteiger partial charge on any atom is 0.171 e. The first kappa shape index (κ1) is 15.4. The van der Waals surface area contributed by atoms with E-state index < -0.39 is 26.8 Å². The topological polar surface area (TPSA) is 63.4 Å². The van der Waals surface area contributed by atoms with Crippen molar-refractivity contribution in [2.75, 3.05) is 34.4 Å². The Labute approximate surface area is 121 Å². The summed E-state index contributed by atoms with van der Waals surface area (Å²) < 4.78 is 51.2. The van der Waals surface area contributed by atoms with Gasteiger partial charge < -0.3 is 10.6 Å². The van der Waals surface area contributed by atoms with Crippen LogP contribution in [-0.2, 0) is 9.84 Å². The zero-order chi connectivity index (χ0) is 14.9. The van der Waals surface area contributed by atoms with Gasteiger partial charge >= 0.3 is 0 Å². The second-order valence-electron chi connectivity index (χ2n) is 4.49. The second-order valence-corrected chi connectivity index (χ2v) is 8.09. The van der Waals surface area contributed by atoms with Crippen LogP contribution in [-0.4, -0.2) is 37.6 Å². The highest BCUT2D eigenvalue weighted by molar-refractivity contribution is 8.01. The van der Waals surface area contributed by atoms with E-state index in [1.807, 2.05) is 0 Å². The van der Waals surface area contributed by atoms with Crippen LogP contribution in [0.4, 0.5) is 20.2 Å². The maximum atomic E-state index is 13.6. The molecule has 1 heterocycles. The molecular weight excluding hydrogens is 306 g/mol. The lowest BCUT2D eigenvalue weighted by molar-refractivity contribution is 0.573. The Balaban J connectivity index is 2.48. The van der Waals surface area contributed by atoms with Gasteiger partial charge in [0.15, 0.2) is 15.7 Å². The molecule has 0 saturated carbocycles. The van der Waals surface area contributed by atoms with Crippen LogP contribution < -0.4 is 10.6 Å². The number of halogens is 2. The maximum absolute atomic E-state index is 13.6. The molecule has 0 aliphatic carbocycles. The molecule has 1 aromatic carbocycles. The molecule has 0 spiro atoms. The number of hydrogen-bond donors (Lipinski definition) is 1. The first-order valence-electron chi connectivity index (χ1n) is 6.17. The van der Waals surface area contributed by atoms with Crippen molar-refractivity contribution in [3.8, 4) is 0 Å². The van der Waals surface area contributed by atoms with E-state index in [0.29, 0.717) is 24.1 Å². The van der Waals surface area contributed by atoms with E-state index in [0.717, 1.165) is 6.07 Å². The molecule has 0 aromatic heterocycles. The van der Waals surface area contributed by atoms with Crippen LogP contribution in [0.5, 0.6) is 0 Å². The van der Waals surface area contributed by atoms with E-state index in [4.69, 9.17) is 5.73 Å². The summed E-state index contributed by atoms with van der Waals surface area (Å²) in [6.45, 7) is 1.95. The summed E-state index contributed by atoms with van der Waals surface area (Å²) in [5, 5.41) is -0.797. The van der Waals surface area contributed by atoms with Gasteiger partial charge in [-0.3, -0.25) is 0 Å². The Morgan fingerprint density at radius 2 is 2.15 bits per heavy atom. The molecule has 0 amide bonds. The minimum atomic E-state index is -3.36. The number of benzene rings is 1. The Morgan fingerprint density at radius 3 is 2.80 bits per heavy atom. The highest BCUT2D eigenvalue weighted by atomic mass is 32.2. The van der Waals surface area contributed by atoms with E-state index in [2.05, 4.69) is 0 Å². The van der Waals surface area contributed by atoms with Gasteiger partial charge in [-0.1, -0.05) is 6.92 Å². The van der Waals surface area contributed by atoms with E-state index in [1.165, 1.54) is 16.7 Å². The molecule has 1 aliphatic heterocycles. The SMILES string of the molecule is CCS(=O)(=O)C1CSCCN1c1cc(F)cc(F)c1N. The average molecular weight is 322 g/mol. The molecular formula is C12H16F2N2O2S2. The second kappa shape index (κ2) is 5.77. The molecule has 20 heavy (non-hydrogen) atoms. The zero-order valence-electron chi connectivity index (χ0n) is 11.0. The number of anilines is 2. The lowest BCUT2D eigenvalue weighted by atomic mass is 10.2. The van der Waals surface area contributed by atoms with E-state index in [1.54, 1.807) is 6.92 Å². The highest BCUT2D eigenvalue weighted by Crippen LogP contribution is 2.33. The molecule has 1 aliphatic rings. The van der Waals surface area contributed by atoms with Crippen LogP contribution in [0, 0.1) is 11.6 Å². The van der Waals surface area contributed by atoms with Crippen molar-refractivity contribution in [3.05, 3.63) is 23.8 Å². The molecule has 112 valence electrons. The molecule has 1 atom stereocenters. The van der Waals surface area contributed by atoms with Gasteiger partial charge in [-0.25, -0.2) is 17.2 Å². The lowest BCUT2D eigenvalue weighted by Gasteiger charge is -2.37. The smallest absolute Gasteiger partial charge is 0.171 e. The number of sulfone groups is 1. The van der Waals surface area contributed by atoms with E-state index in [-0.39, 0.29) is 17.1 Å². The van der Waals surface area contributed by atoms with Crippen molar-refractivity contribution >= 4 is 33.0 Å². The molecule has 2 N–H and O–H groups in total. The fraction of sp³-hybridized carbons (Fsp3) is 0.500. The van der Waals surface area contributed by atoms with Gasteiger partial charge in [0.1, 0.15) is 11.2 Å². The fourth-order valence-electron chi connectivity index (χ4n) is 2.16. The molecule has 1 aromatic rings. The first-order valence-corrected chi connectivity index (χ1v) is 9.04. The van der Waals surface area contributed by atoms with Gasteiger partial charge in [0.05, 0.1) is 11.4 Å². The third-order valence-electron chi connectivity index (χ3n) is 3.28. The monoisotopic (exact) mass is 322 g/mol. The largest absolute Gasteiger partial charge is 0.395 e. The average Bonchev–Trinajstić information content (AvgIpc) is 2.43. The molecule has 1 fully saturated rings. The van der Waals surface area contributed by atoms with Crippen LogP contribution in [0.15, 0.2) is 12.1 Å². The van der Waals surface area contributed by atoms with Gasteiger partial charge in [-0.05, 0) is 6.07 Å². The molecule has 0 radical (unpaired) electrons. The van der Waals surface area contributed by atoms with Crippen LogP contribution in [0.2, 0.25) is 0 Å². The Hall–Kier alpha value is -1.02. The summed E-state index contributed by atoms with van der Waals surface area (Å²) in [6, 6.07) is 1.79. The molecule has 1 saturated heterocycles. The van der Waals surface area contributed by atoms with Crippen LogP contribution in [0.1, 0.15) is 6.92 Å². The quantitative estimate of drug-likeness (QED) is 0.861. The third kappa shape index (κ3) is 2.85. The van der Waals surface area contributed by atoms with Crippen molar-refractivity contribution in [2.24, 2.45) is 0 Å². The standard InChI is InChI=1S/C12H16F2N2O2S2/c1-2-20(17,18)11-7-19-4-3-16(11)10-6-8(13)5-9(14)12(10)15/h5-6,11H,2-4,7,15H2,1H3. The molecule has 0 bridgehead atoms. The van der Waals surface area contributed by atoms with Gasteiger partial charge in [0.2, 0.25) is 0 Å². The summed E-state index contributed by atoms with van der Waals surface area (Å²) in [4.78, 5) is 1.50. The summed E-state index contributed by atoms with van der Waals surface area (Å²) >= 11 is 1.51. The van der Waals surface area contributed by atoms with Crippen molar-refractivity contribution in [2.45, 2.75) is 12.3 Å². The van der Waals surface area contributed by atoms with Crippen molar-refractivity contribution < 1.29 is 17.2 Å². The van der Waals surface area contributed by atoms with Crippen molar-refractivity contribution in [1.29, 1.82) is 0 Å². The highest BCUT2D eigenvalue weighted by Gasteiger charge is 2.34. The van der Waals surface area contributed by atoms with Gasteiger partial charge in [-0.15, -0.1) is 0 Å². The van der Waals surface area contributed by atoms with Crippen molar-refractivity contribution in [1.82, 2.24) is 0 Å². The van der Waals surface area contributed by atoms with Gasteiger partial charge in [0.25, 0.3) is 0 Å². The number of thioether (sulfide) groups is 1. The predicted molar refractivity (Wildman–Crippen MR) is 78.7 cm³/mol. The number of nitrogens with two attached hydrogens (primary N) is 1. The Morgan fingerprint density at radius 1 is 1.45 bits per heavy atom. The number of rotatable bonds is 3. The molecule has 2 rings (SSSR count). The lowest BCUT2D eigenvalue weighted by Crippen LogP contribution is -2.48. The number of nitrogens with zero attached hydrogens (tertiary/aromatic N) is 1. The predicted octanol–water partition coefficient (Wildman–Crippen LogP) is 1.86. The van der Waals surface area contributed by atoms with Gasteiger partial charge in [-0.2, -0.15) is 11.8 Å². The number of hydrogen-bond acceptors (Lipinski definition) is 5. The summed E-state index contributed by atoms with van der Waals surface area (Å²) in [7, 11) is -3.36. The van der Waals surface area contributed by atoms with Gasteiger partial charge in [0, 0.05) is 29.9 Å². The van der Waals surface area contributed by atoms with Crippen LogP contribution >= 0.6 is 11.8 Å². The number of nitrogen functional groups attached to an aromatic ring is 1. The zero-order valence-corrected chi connectivity index (χ0v) is 12.6. The van der Waals surface area contributed by atoms with Crippen molar-refractivity contribution in [3.63, 3.8) is 0 Å². The molecule has 1 unspecified atom stereocenters. The summed E-state index contributed by atoms with van der Waals surface area (Å²) in [6.07, 6.45) is 0. The molecule has 4 nitrogen and oxygen atoms in total. The Bertz CT molecular complexity index is 608. The van der Waals surface area contributed by atoms with E-state index in [9.17, 15) is 17.2 Å². The first-order chi connectivity index (χ1) is 9.36. The van der Waals surface area contributed by atoms with E-state index >= 15 is 0 Å². The normalized spacial score (nSPS) is 20.1. The summed E-state index contributed by atoms with van der Waals surface area (Å²) in [5.74, 6) is -0.600. The minimum Gasteiger partial charge on any atom is -0.395 e. The van der Waals surface area contributed by atoms with Crippen LogP contribution in [0.3, 0.4) is 0 Å². The summed E-state index contributed by atoms with van der Waals surface area (Å²) in [5.41, 5.74) is 5.55. The fourth-order valence-corrected chi connectivity index (χ4v) is 5.14. The minimum absolute atomic E-state index is 0.0214.